The van der Waals surface area contributed by atoms with Crippen LogP contribution in [0.4, 0.5) is 0 Å². The predicted octanol–water partition coefficient (Wildman–Crippen LogP) is 3.75. The van der Waals surface area contributed by atoms with Crippen LogP contribution >= 0.6 is 11.3 Å². The lowest BCUT2D eigenvalue weighted by atomic mass is 10.1. The summed E-state index contributed by atoms with van der Waals surface area (Å²) in [4.78, 5) is 17.8. The van der Waals surface area contributed by atoms with Gasteiger partial charge in [0.25, 0.3) is 5.91 Å². The van der Waals surface area contributed by atoms with Gasteiger partial charge in [-0.15, -0.1) is 16.4 Å². The van der Waals surface area contributed by atoms with Crippen LogP contribution in [0.5, 0.6) is 5.75 Å². The van der Waals surface area contributed by atoms with E-state index in [2.05, 4.69) is 34.5 Å². The SMILES string of the molecule is COc1cccc(C(=O)NCCc2csc3nc(-c4cccc(C)c4)nn23)c1. The van der Waals surface area contributed by atoms with Crippen molar-refractivity contribution in [2.24, 2.45) is 0 Å². The molecule has 0 aliphatic heterocycles. The second kappa shape index (κ2) is 7.82. The standard InChI is InChI=1S/C21H20N4O2S/c1-14-5-3-6-15(11-14)19-23-21-25(24-19)17(13-28-21)9-10-22-20(26)16-7-4-8-18(12-16)27-2/h3-8,11-13H,9-10H2,1-2H3,(H,22,26). The lowest BCUT2D eigenvalue weighted by Gasteiger charge is -2.06. The maximum absolute atomic E-state index is 12.3. The summed E-state index contributed by atoms with van der Waals surface area (Å²) >= 11 is 1.55. The van der Waals surface area contributed by atoms with Crippen molar-refractivity contribution in [2.45, 2.75) is 13.3 Å². The largest absolute Gasteiger partial charge is 0.497 e. The molecule has 6 nitrogen and oxygen atoms in total. The zero-order chi connectivity index (χ0) is 19.5. The minimum Gasteiger partial charge on any atom is -0.497 e. The molecule has 4 rings (SSSR count). The molecule has 28 heavy (non-hydrogen) atoms. The summed E-state index contributed by atoms with van der Waals surface area (Å²) in [5.74, 6) is 1.26. The summed E-state index contributed by atoms with van der Waals surface area (Å²) in [6.07, 6.45) is 0.673. The molecule has 0 aliphatic rings. The molecule has 2 heterocycles. The van der Waals surface area contributed by atoms with Crippen molar-refractivity contribution in [3.8, 4) is 17.1 Å². The average Bonchev–Trinajstić information content (AvgIpc) is 3.30. The quantitative estimate of drug-likeness (QED) is 0.543. The Kier molecular flexibility index (Phi) is 5.08. The Morgan fingerprint density at radius 1 is 1.21 bits per heavy atom. The van der Waals surface area contributed by atoms with Crippen LogP contribution < -0.4 is 10.1 Å². The molecule has 0 saturated carbocycles. The molecule has 0 aliphatic carbocycles. The molecule has 4 aromatic rings. The Morgan fingerprint density at radius 2 is 2.07 bits per heavy atom. The Hall–Kier alpha value is -3.19. The summed E-state index contributed by atoms with van der Waals surface area (Å²) in [5, 5.41) is 9.63. The Balaban J connectivity index is 1.44. The summed E-state index contributed by atoms with van der Waals surface area (Å²) in [6, 6.07) is 15.3. The number of nitrogens with one attached hydrogen (secondary N) is 1. The van der Waals surface area contributed by atoms with E-state index in [0.29, 0.717) is 24.3 Å². The van der Waals surface area contributed by atoms with E-state index < -0.39 is 0 Å². The first kappa shape index (κ1) is 18.2. The fourth-order valence-corrected chi connectivity index (χ4v) is 3.83. The molecule has 0 radical (unpaired) electrons. The number of hydrogen-bond acceptors (Lipinski definition) is 5. The van der Waals surface area contributed by atoms with Crippen LogP contribution in [0.25, 0.3) is 16.3 Å². The molecule has 1 amide bonds. The van der Waals surface area contributed by atoms with Gasteiger partial charge in [0.05, 0.1) is 12.8 Å². The van der Waals surface area contributed by atoms with Crippen molar-refractivity contribution in [3.05, 3.63) is 70.7 Å². The molecule has 7 heteroatoms. The third kappa shape index (κ3) is 3.75. The van der Waals surface area contributed by atoms with Crippen molar-refractivity contribution < 1.29 is 9.53 Å². The van der Waals surface area contributed by atoms with Crippen LogP contribution in [0.15, 0.2) is 53.9 Å². The third-order valence-corrected chi connectivity index (χ3v) is 5.29. The Labute approximate surface area is 166 Å². The molecule has 0 spiro atoms. The highest BCUT2D eigenvalue weighted by molar-refractivity contribution is 7.15. The topological polar surface area (TPSA) is 68.5 Å². The number of hydrogen-bond donors (Lipinski definition) is 1. The first-order valence-corrected chi connectivity index (χ1v) is 9.84. The molecule has 142 valence electrons. The van der Waals surface area contributed by atoms with Gasteiger partial charge in [-0.05, 0) is 31.2 Å². The molecule has 2 aromatic heterocycles. The van der Waals surface area contributed by atoms with Gasteiger partial charge in [0.15, 0.2) is 5.82 Å². The number of nitrogens with zero attached hydrogens (tertiary/aromatic N) is 3. The number of ether oxygens (including phenoxy) is 1. The fourth-order valence-electron chi connectivity index (χ4n) is 2.97. The molecule has 0 bridgehead atoms. The van der Waals surface area contributed by atoms with Gasteiger partial charge in [0.2, 0.25) is 4.96 Å². The van der Waals surface area contributed by atoms with Gasteiger partial charge in [-0.2, -0.15) is 4.98 Å². The zero-order valence-corrected chi connectivity index (χ0v) is 16.5. The number of fused-ring (bicyclic) bond motifs is 1. The smallest absolute Gasteiger partial charge is 0.251 e. The first-order chi connectivity index (χ1) is 13.6. The van der Waals surface area contributed by atoms with E-state index in [0.717, 1.165) is 22.0 Å². The van der Waals surface area contributed by atoms with E-state index in [-0.39, 0.29) is 5.91 Å². The highest BCUT2D eigenvalue weighted by atomic mass is 32.1. The Bertz CT molecular complexity index is 1130. The van der Waals surface area contributed by atoms with E-state index in [9.17, 15) is 4.79 Å². The summed E-state index contributed by atoms with van der Waals surface area (Å²) < 4.78 is 7.03. The van der Waals surface area contributed by atoms with Crippen LogP contribution in [0.2, 0.25) is 0 Å². The van der Waals surface area contributed by atoms with Gasteiger partial charge >= 0.3 is 0 Å². The van der Waals surface area contributed by atoms with Crippen LogP contribution in [0.3, 0.4) is 0 Å². The molecule has 2 aromatic carbocycles. The van der Waals surface area contributed by atoms with E-state index in [1.807, 2.05) is 28.1 Å². The number of amides is 1. The zero-order valence-electron chi connectivity index (χ0n) is 15.7. The van der Waals surface area contributed by atoms with Crippen LogP contribution in [-0.2, 0) is 6.42 Å². The third-order valence-electron chi connectivity index (χ3n) is 4.42. The molecule has 0 fully saturated rings. The highest BCUT2D eigenvalue weighted by Crippen LogP contribution is 2.21. The van der Waals surface area contributed by atoms with Gasteiger partial charge in [-0.25, -0.2) is 4.52 Å². The monoisotopic (exact) mass is 392 g/mol. The summed E-state index contributed by atoms with van der Waals surface area (Å²) in [7, 11) is 1.59. The fraction of sp³-hybridized carbons (Fsp3) is 0.190. The van der Waals surface area contributed by atoms with Gasteiger partial charge in [0, 0.05) is 29.5 Å². The Morgan fingerprint density at radius 3 is 2.89 bits per heavy atom. The number of benzene rings is 2. The molecular weight excluding hydrogens is 372 g/mol. The molecule has 0 saturated heterocycles. The van der Waals surface area contributed by atoms with Crippen molar-refractivity contribution in [1.82, 2.24) is 19.9 Å². The number of rotatable bonds is 6. The predicted molar refractivity (Wildman–Crippen MR) is 110 cm³/mol. The van der Waals surface area contributed by atoms with Crippen molar-refractivity contribution in [1.29, 1.82) is 0 Å². The second-order valence-corrected chi connectivity index (χ2v) is 7.30. The minimum atomic E-state index is -0.121. The maximum atomic E-state index is 12.3. The van der Waals surface area contributed by atoms with E-state index in [1.165, 1.54) is 5.56 Å². The molecule has 0 atom stereocenters. The van der Waals surface area contributed by atoms with Gasteiger partial charge in [-0.1, -0.05) is 29.8 Å². The average molecular weight is 392 g/mol. The van der Waals surface area contributed by atoms with Crippen molar-refractivity contribution in [3.63, 3.8) is 0 Å². The van der Waals surface area contributed by atoms with Crippen LogP contribution in [0.1, 0.15) is 21.6 Å². The normalized spacial score (nSPS) is 10.9. The van der Waals surface area contributed by atoms with Crippen LogP contribution in [-0.4, -0.2) is 34.2 Å². The summed E-state index contributed by atoms with van der Waals surface area (Å²) in [5.41, 5.74) is 3.79. The minimum absolute atomic E-state index is 0.121. The van der Waals surface area contributed by atoms with E-state index in [4.69, 9.17) is 4.74 Å². The van der Waals surface area contributed by atoms with Crippen LogP contribution in [0, 0.1) is 6.92 Å². The molecular formula is C21H20N4O2S. The van der Waals surface area contributed by atoms with E-state index in [1.54, 1.807) is 36.6 Å². The number of aromatic nitrogens is 3. The maximum Gasteiger partial charge on any atom is 0.251 e. The number of aryl methyl sites for hydroxylation is 1. The number of carbonyl (C=O) groups is 1. The van der Waals surface area contributed by atoms with E-state index >= 15 is 0 Å². The summed E-state index contributed by atoms with van der Waals surface area (Å²) in [6.45, 7) is 2.57. The first-order valence-electron chi connectivity index (χ1n) is 8.96. The number of methoxy groups -OCH3 is 1. The molecule has 0 unspecified atom stereocenters. The highest BCUT2D eigenvalue weighted by Gasteiger charge is 2.12. The van der Waals surface area contributed by atoms with Gasteiger partial charge in [-0.3, -0.25) is 4.79 Å². The van der Waals surface area contributed by atoms with Crippen molar-refractivity contribution in [2.75, 3.05) is 13.7 Å². The molecule has 1 N–H and O–H groups in total. The second-order valence-electron chi connectivity index (χ2n) is 6.46. The lowest BCUT2D eigenvalue weighted by molar-refractivity contribution is 0.0953. The number of carbonyl (C=O) groups excluding carboxylic acids is 1. The number of thiazole rings is 1. The van der Waals surface area contributed by atoms with Gasteiger partial charge < -0.3 is 10.1 Å². The van der Waals surface area contributed by atoms with Gasteiger partial charge in [0.1, 0.15) is 5.75 Å². The lowest BCUT2D eigenvalue weighted by Crippen LogP contribution is -2.26. The van der Waals surface area contributed by atoms with Crippen molar-refractivity contribution >= 4 is 22.2 Å².